The molecule has 0 spiro atoms. The minimum Gasteiger partial charge on any atom is -0.330 e. The van der Waals surface area contributed by atoms with Gasteiger partial charge >= 0.3 is 0 Å². The Morgan fingerprint density at radius 2 is 1.64 bits per heavy atom. The van der Waals surface area contributed by atoms with Gasteiger partial charge in [-0.1, -0.05) is 27.7 Å². The summed E-state index contributed by atoms with van der Waals surface area (Å²) in [7, 11) is 0. The molecule has 0 amide bonds. The predicted octanol–water partition coefficient (Wildman–Crippen LogP) is 2.75. The highest BCUT2D eigenvalue weighted by Gasteiger charge is 1.85. The zero-order valence-corrected chi connectivity index (χ0v) is 9.21. The van der Waals surface area contributed by atoms with E-state index in [2.05, 4.69) is 27.7 Å². The highest BCUT2D eigenvalue weighted by Crippen LogP contribution is 1.94. The van der Waals surface area contributed by atoms with Gasteiger partial charge < -0.3 is 5.73 Å². The van der Waals surface area contributed by atoms with E-state index in [1.165, 1.54) is 11.5 Å². The van der Waals surface area contributed by atoms with E-state index in [0.717, 1.165) is 18.9 Å². The molecule has 0 aromatic heterocycles. The van der Waals surface area contributed by atoms with Crippen molar-refractivity contribution < 1.29 is 0 Å². The lowest BCUT2D eigenvalue weighted by Crippen LogP contribution is -2.01. The van der Waals surface area contributed by atoms with Gasteiger partial charge in [0.15, 0.2) is 0 Å². The van der Waals surface area contributed by atoms with E-state index in [-0.39, 0.29) is 0 Å². The average Bonchev–Trinajstić information content (AvgIpc) is 1.90. The third-order valence-electron chi connectivity index (χ3n) is 1.15. The standard InChI is InChI=1S/C5H13N.C4H10S/c1-5(2)3-4-6;1-3-5-4-2/h5H,3-4,6H2,1-2H3;3-4H2,1-2H3. The molecule has 2 heteroatoms. The molecule has 2 N–H and O–H groups in total. The fraction of sp³-hybridized carbons (Fsp3) is 1.00. The Balaban J connectivity index is 0. The fourth-order valence-electron chi connectivity index (χ4n) is 0.537. The predicted molar refractivity (Wildman–Crippen MR) is 57.2 cm³/mol. The maximum absolute atomic E-state index is 5.23. The zero-order chi connectivity index (χ0) is 9.11. The van der Waals surface area contributed by atoms with Crippen molar-refractivity contribution in [1.29, 1.82) is 0 Å². The summed E-state index contributed by atoms with van der Waals surface area (Å²) in [5.41, 5.74) is 5.23. The van der Waals surface area contributed by atoms with Crippen molar-refractivity contribution in [3.63, 3.8) is 0 Å². The number of rotatable bonds is 4. The molecule has 0 saturated carbocycles. The maximum Gasteiger partial charge on any atom is -0.00748 e. The third kappa shape index (κ3) is 25.3. The molecule has 0 radical (unpaired) electrons. The van der Waals surface area contributed by atoms with Crippen molar-refractivity contribution in [1.82, 2.24) is 0 Å². The van der Waals surface area contributed by atoms with Crippen molar-refractivity contribution in [2.24, 2.45) is 11.7 Å². The van der Waals surface area contributed by atoms with Gasteiger partial charge in [0.1, 0.15) is 0 Å². The Hall–Kier alpha value is 0.310. The molecule has 0 aromatic carbocycles. The van der Waals surface area contributed by atoms with E-state index >= 15 is 0 Å². The van der Waals surface area contributed by atoms with Gasteiger partial charge in [-0.25, -0.2) is 0 Å². The van der Waals surface area contributed by atoms with Crippen molar-refractivity contribution in [2.45, 2.75) is 34.1 Å². The fourth-order valence-corrected chi connectivity index (χ4v) is 0.946. The first-order chi connectivity index (χ1) is 5.18. The largest absolute Gasteiger partial charge is 0.330 e. The van der Waals surface area contributed by atoms with Crippen LogP contribution in [0.4, 0.5) is 0 Å². The molecule has 0 atom stereocenters. The summed E-state index contributed by atoms with van der Waals surface area (Å²) in [6.45, 7) is 9.53. The van der Waals surface area contributed by atoms with Crippen LogP contribution in [0.2, 0.25) is 0 Å². The van der Waals surface area contributed by atoms with Crippen LogP contribution in [0.25, 0.3) is 0 Å². The molecule has 0 aliphatic carbocycles. The van der Waals surface area contributed by atoms with Gasteiger partial charge in [-0.05, 0) is 30.4 Å². The van der Waals surface area contributed by atoms with Crippen LogP contribution < -0.4 is 5.73 Å². The van der Waals surface area contributed by atoms with Crippen molar-refractivity contribution in [3.05, 3.63) is 0 Å². The normalized spacial score (nSPS) is 9.27. The Bertz CT molecular complexity index is 53.5. The molecule has 0 aliphatic rings. The molecular formula is C9H23NS. The molecule has 1 nitrogen and oxygen atoms in total. The second-order valence-corrected chi connectivity index (χ2v) is 4.32. The summed E-state index contributed by atoms with van der Waals surface area (Å²) < 4.78 is 0. The first kappa shape index (κ1) is 13.9. The molecule has 0 fully saturated rings. The lowest BCUT2D eigenvalue weighted by Gasteiger charge is -1.96. The Kier molecular flexibility index (Phi) is 16.3. The topological polar surface area (TPSA) is 26.0 Å². The molecule has 0 aliphatic heterocycles. The number of hydrogen-bond donors (Lipinski definition) is 1. The van der Waals surface area contributed by atoms with Crippen LogP contribution in [0.15, 0.2) is 0 Å². The lowest BCUT2D eigenvalue weighted by atomic mass is 10.1. The second-order valence-electron chi connectivity index (χ2n) is 2.75. The lowest BCUT2D eigenvalue weighted by molar-refractivity contribution is 0.596. The van der Waals surface area contributed by atoms with Crippen molar-refractivity contribution in [2.75, 3.05) is 18.1 Å². The highest BCUT2D eigenvalue weighted by atomic mass is 32.2. The first-order valence-corrected chi connectivity index (χ1v) is 5.62. The molecule has 0 rings (SSSR count). The van der Waals surface area contributed by atoms with Gasteiger partial charge in [-0.15, -0.1) is 0 Å². The van der Waals surface area contributed by atoms with Crippen LogP contribution in [-0.4, -0.2) is 18.1 Å². The SMILES string of the molecule is CC(C)CCN.CCSCC. The third-order valence-corrected chi connectivity index (χ3v) is 1.97. The van der Waals surface area contributed by atoms with E-state index in [4.69, 9.17) is 5.73 Å². The molecule has 0 heterocycles. The summed E-state index contributed by atoms with van der Waals surface area (Å²) in [4.78, 5) is 0. The van der Waals surface area contributed by atoms with Gasteiger partial charge in [0.25, 0.3) is 0 Å². The molecule has 70 valence electrons. The van der Waals surface area contributed by atoms with Crippen LogP contribution in [-0.2, 0) is 0 Å². The monoisotopic (exact) mass is 177 g/mol. The molecule has 11 heavy (non-hydrogen) atoms. The number of nitrogens with two attached hydrogens (primary N) is 1. The average molecular weight is 177 g/mol. The number of hydrogen-bond acceptors (Lipinski definition) is 2. The Morgan fingerprint density at radius 1 is 1.18 bits per heavy atom. The van der Waals surface area contributed by atoms with E-state index in [1.807, 2.05) is 11.8 Å². The molecule has 0 unspecified atom stereocenters. The Morgan fingerprint density at radius 3 is 1.64 bits per heavy atom. The van der Waals surface area contributed by atoms with Crippen LogP contribution in [0.5, 0.6) is 0 Å². The van der Waals surface area contributed by atoms with Gasteiger partial charge in [-0.2, -0.15) is 11.8 Å². The summed E-state index contributed by atoms with van der Waals surface area (Å²) >= 11 is 1.96. The molecule has 0 aromatic rings. The molecule has 0 bridgehead atoms. The zero-order valence-electron chi connectivity index (χ0n) is 8.39. The van der Waals surface area contributed by atoms with Crippen LogP contribution >= 0.6 is 11.8 Å². The molecule has 0 saturated heterocycles. The van der Waals surface area contributed by atoms with E-state index in [0.29, 0.717) is 0 Å². The molecular weight excluding hydrogens is 154 g/mol. The smallest absolute Gasteiger partial charge is 0.00748 e. The summed E-state index contributed by atoms with van der Waals surface area (Å²) in [5.74, 6) is 3.29. The summed E-state index contributed by atoms with van der Waals surface area (Å²) in [6.07, 6.45) is 1.15. The van der Waals surface area contributed by atoms with Gasteiger partial charge in [-0.3, -0.25) is 0 Å². The van der Waals surface area contributed by atoms with E-state index < -0.39 is 0 Å². The van der Waals surface area contributed by atoms with Crippen molar-refractivity contribution in [3.8, 4) is 0 Å². The summed E-state index contributed by atoms with van der Waals surface area (Å²) in [6, 6.07) is 0. The van der Waals surface area contributed by atoms with Gasteiger partial charge in [0, 0.05) is 0 Å². The minimum absolute atomic E-state index is 0.773. The Labute approximate surface area is 76.1 Å². The van der Waals surface area contributed by atoms with Crippen LogP contribution in [0.3, 0.4) is 0 Å². The van der Waals surface area contributed by atoms with E-state index in [1.54, 1.807) is 0 Å². The van der Waals surface area contributed by atoms with Crippen molar-refractivity contribution >= 4 is 11.8 Å². The van der Waals surface area contributed by atoms with Crippen LogP contribution in [0.1, 0.15) is 34.1 Å². The second kappa shape index (κ2) is 12.9. The minimum atomic E-state index is 0.773. The number of thioether (sulfide) groups is 1. The highest BCUT2D eigenvalue weighted by molar-refractivity contribution is 7.99. The van der Waals surface area contributed by atoms with E-state index in [9.17, 15) is 0 Å². The quantitative estimate of drug-likeness (QED) is 0.714. The van der Waals surface area contributed by atoms with Gasteiger partial charge in [0.05, 0.1) is 0 Å². The van der Waals surface area contributed by atoms with Crippen LogP contribution in [0, 0.1) is 5.92 Å². The first-order valence-electron chi connectivity index (χ1n) is 4.46. The maximum atomic E-state index is 5.23. The van der Waals surface area contributed by atoms with Gasteiger partial charge in [0.2, 0.25) is 0 Å². The summed E-state index contributed by atoms with van der Waals surface area (Å²) in [5, 5.41) is 0.